The highest BCUT2D eigenvalue weighted by Gasteiger charge is 2.06. The van der Waals surface area contributed by atoms with Gasteiger partial charge in [-0.25, -0.2) is 9.59 Å². The average Bonchev–Trinajstić information content (AvgIpc) is 3.09. The highest BCUT2D eigenvalue weighted by Crippen LogP contribution is 2.16. The van der Waals surface area contributed by atoms with Gasteiger partial charge in [-0.05, 0) is 54.6 Å². The Morgan fingerprint density at radius 3 is 2.28 bits per heavy atom. The van der Waals surface area contributed by atoms with Crippen LogP contribution >= 0.6 is 0 Å². The van der Waals surface area contributed by atoms with E-state index in [1.165, 1.54) is 18.2 Å². The van der Waals surface area contributed by atoms with Crippen LogP contribution in [0.25, 0.3) is 5.69 Å². The number of carboxylic acids is 2. The van der Waals surface area contributed by atoms with Gasteiger partial charge in [0.05, 0.1) is 28.7 Å². The molecule has 0 aliphatic carbocycles. The zero-order chi connectivity index (χ0) is 17.8. The number of nitrogens with zero attached hydrogens (tertiary/aromatic N) is 2. The lowest BCUT2D eigenvalue weighted by Crippen LogP contribution is -2.01. The van der Waals surface area contributed by atoms with E-state index in [9.17, 15) is 9.59 Å². The fourth-order valence-electron chi connectivity index (χ4n) is 2.35. The predicted octanol–water partition coefficient (Wildman–Crippen LogP) is 3.62. The van der Waals surface area contributed by atoms with E-state index < -0.39 is 11.9 Å². The molecule has 0 saturated carbocycles. The van der Waals surface area contributed by atoms with Gasteiger partial charge in [-0.2, -0.15) is 0 Å². The molecular formula is C19H14N2O4. The van der Waals surface area contributed by atoms with Gasteiger partial charge >= 0.3 is 11.9 Å². The molecule has 6 heteroatoms. The van der Waals surface area contributed by atoms with Crippen LogP contribution in [0.2, 0.25) is 0 Å². The summed E-state index contributed by atoms with van der Waals surface area (Å²) >= 11 is 0. The number of carboxylic acid groups (broad SMARTS) is 2. The molecule has 0 aliphatic rings. The minimum atomic E-state index is -0.984. The highest BCUT2D eigenvalue weighted by molar-refractivity contribution is 5.89. The van der Waals surface area contributed by atoms with E-state index in [4.69, 9.17) is 10.2 Å². The Morgan fingerprint density at radius 2 is 1.60 bits per heavy atom. The van der Waals surface area contributed by atoms with Crippen LogP contribution in [-0.4, -0.2) is 32.9 Å². The fourth-order valence-corrected chi connectivity index (χ4v) is 2.35. The maximum Gasteiger partial charge on any atom is 0.335 e. The maximum atomic E-state index is 11.1. The summed E-state index contributed by atoms with van der Waals surface area (Å²) in [7, 11) is 0. The zero-order valence-electron chi connectivity index (χ0n) is 13.0. The van der Waals surface area contributed by atoms with E-state index in [-0.39, 0.29) is 11.1 Å². The van der Waals surface area contributed by atoms with E-state index in [2.05, 4.69) is 4.99 Å². The van der Waals surface area contributed by atoms with Gasteiger partial charge in [0, 0.05) is 11.9 Å². The van der Waals surface area contributed by atoms with Crippen LogP contribution in [0.3, 0.4) is 0 Å². The third-order valence-electron chi connectivity index (χ3n) is 3.61. The smallest absolute Gasteiger partial charge is 0.335 e. The van der Waals surface area contributed by atoms with Gasteiger partial charge in [-0.15, -0.1) is 0 Å². The van der Waals surface area contributed by atoms with Crippen molar-refractivity contribution in [2.75, 3.05) is 0 Å². The van der Waals surface area contributed by atoms with Crippen LogP contribution in [0.15, 0.2) is 71.9 Å². The Kier molecular flexibility index (Phi) is 4.43. The first kappa shape index (κ1) is 16.2. The third-order valence-corrected chi connectivity index (χ3v) is 3.61. The molecule has 0 atom stereocenters. The van der Waals surface area contributed by atoms with Crippen molar-refractivity contribution in [2.24, 2.45) is 4.99 Å². The molecule has 1 heterocycles. The summed E-state index contributed by atoms with van der Waals surface area (Å²) in [6, 6.07) is 16.5. The molecule has 3 aromatic rings. The number of rotatable bonds is 5. The third kappa shape index (κ3) is 3.64. The SMILES string of the molecule is O=C(O)c1ccc(N=Cc2cccn2-c2cccc(C(=O)O)c2)cc1. The van der Waals surface area contributed by atoms with Gasteiger partial charge in [0.1, 0.15) is 0 Å². The minimum absolute atomic E-state index is 0.202. The normalized spacial score (nSPS) is 10.9. The Hall–Kier alpha value is -3.67. The van der Waals surface area contributed by atoms with E-state index >= 15 is 0 Å². The first-order chi connectivity index (χ1) is 12.0. The van der Waals surface area contributed by atoms with Crippen LogP contribution in [0.1, 0.15) is 26.4 Å². The van der Waals surface area contributed by atoms with Crippen molar-refractivity contribution in [2.45, 2.75) is 0 Å². The number of aliphatic imine (C=N–C) groups is 1. The summed E-state index contributed by atoms with van der Waals surface area (Å²) in [5, 5.41) is 18.0. The Morgan fingerprint density at radius 1 is 0.880 bits per heavy atom. The van der Waals surface area contributed by atoms with E-state index in [0.29, 0.717) is 11.4 Å². The maximum absolute atomic E-state index is 11.1. The van der Waals surface area contributed by atoms with Crippen LogP contribution in [0, 0.1) is 0 Å². The number of aromatic carboxylic acids is 2. The van der Waals surface area contributed by atoms with Gasteiger partial charge < -0.3 is 14.8 Å². The summed E-state index contributed by atoms with van der Waals surface area (Å²) in [5.74, 6) is -1.97. The lowest BCUT2D eigenvalue weighted by molar-refractivity contribution is 0.0686. The molecule has 124 valence electrons. The molecule has 0 aliphatic heterocycles. The lowest BCUT2D eigenvalue weighted by atomic mass is 10.2. The lowest BCUT2D eigenvalue weighted by Gasteiger charge is -2.07. The quantitative estimate of drug-likeness (QED) is 0.697. The van der Waals surface area contributed by atoms with E-state index in [1.807, 2.05) is 29.0 Å². The molecule has 0 amide bonds. The topological polar surface area (TPSA) is 91.9 Å². The summed E-state index contributed by atoms with van der Waals surface area (Å²) in [6.07, 6.45) is 3.46. The molecule has 0 unspecified atom stereocenters. The van der Waals surface area contributed by atoms with Crippen molar-refractivity contribution < 1.29 is 19.8 Å². The van der Waals surface area contributed by atoms with Gasteiger partial charge in [-0.1, -0.05) is 6.07 Å². The standard InChI is InChI=1S/C19H14N2O4/c22-18(23)13-6-8-15(9-7-13)20-12-17-5-2-10-21(17)16-4-1-3-14(11-16)19(24)25/h1-12H,(H,22,23)(H,24,25). The van der Waals surface area contributed by atoms with Crippen molar-refractivity contribution in [3.8, 4) is 5.69 Å². The van der Waals surface area contributed by atoms with Crippen LogP contribution in [0.4, 0.5) is 5.69 Å². The second kappa shape index (κ2) is 6.84. The molecule has 0 fully saturated rings. The monoisotopic (exact) mass is 334 g/mol. The number of aromatic nitrogens is 1. The molecule has 0 spiro atoms. The predicted molar refractivity (Wildman–Crippen MR) is 93.4 cm³/mol. The van der Waals surface area contributed by atoms with Gasteiger partial charge in [0.2, 0.25) is 0 Å². The second-order valence-electron chi connectivity index (χ2n) is 5.27. The molecule has 25 heavy (non-hydrogen) atoms. The first-order valence-corrected chi connectivity index (χ1v) is 7.43. The molecule has 0 radical (unpaired) electrons. The van der Waals surface area contributed by atoms with Crippen molar-refractivity contribution >= 4 is 23.8 Å². The van der Waals surface area contributed by atoms with Crippen molar-refractivity contribution in [3.05, 3.63) is 83.7 Å². The van der Waals surface area contributed by atoms with E-state index in [0.717, 1.165) is 5.69 Å². The molecule has 0 saturated heterocycles. The minimum Gasteiger partial charge on any atom is -0.478 e. The van der Waals surface area contributed by atoms with Crippen molar-refractivity contribution in [3.63, 3.8) is 0 Å². The average molecular weight is 334 g/mol. The molecule has 3 rings (SSSR count). The Balaban J connectivity index is 1.88. The fraction of sp³-hybridized carbons (Fsp3) is 0. The molecule has 1 aromatic heterocycles. The number of benzene rings is 2. The highest BCUT2D eigenvalue weighted by atomic mass is 16.4. The molecule has 2 N–H and O–H groups in total. The van der Waals surface area contributed by atoms with Crippen molar-refractivity contribution in [1.29, 1.82) is 0 Å². The second-order valence-corrected chi connectivity index (χ2v) is 5.27. The molecule has 2 aromatic carbocycles. The van der Waals surface area contributed by atoms with Gasteiger partial charge in [0.25, 0.3) is 0 Å². The molecular weight excluding hydrogens is 320 g/mol. The van der Waals surface area contributed by atoms with Crippen LogP contribution < -0.4 is 0 Å². The zero-order valence-corrected chi connectivity index (χ0v) is 13.0. The van der Waals surface area contributed by atoms with Crippen LogP contribution in [-0.2, 0) is 0 Å². The summed E-state index contributed by atoms with van der Waals surface area (Å²) in [5.41, 5.74) is 2.51. The summed E-state index contributed by atoms with van der Waals surface area (Å²) in [4.78, 5) is 26.3. The molecule has 6 nitrogen and oxygen atoms in total. The number of hydrogen-bond acceptors (Lipinski definition) is 3. The molecule has 0 bridgehead atoms. The summed E-state index contributed by atoms with van der Waals surface area (Å²) < 4.78 is 1.82. The van der Waals surface area contributed by atoms with Gasteiger partial charge in [0.15, 0.2) is 0 Å². The first-order valence-electron chi connectivity index (χ1n) is 7.43. The Labute approximate surface area is 143 Å². The number of hydrogen-bond donors (Lipinski definition) is 2. The largest absolute Gasteiger partial charge is 0.478 e. The van der Waals surface area contributed by atoms with Gasteiger partial charge in [-0.3, -0.25) is 4.99 Å². The van der Waals surface area contributed by atoms with Crippen molar-refractivity contribution in [1.82, 2.24) is 4.57 Å². The Bertz CT molecular complexity index is 956. The number of carbonyl (C=O) groups is 2. The van der Waals surface area contributed by atoms with Crippen LogP contribution in [0.5, 0.6) is 0 Å². The summed E-state index contributed by atoms with van der Waals surface area (Å²) in [6.45, 7) is 0. The van der Waals surface area contributed by atoms with E-state index in [1.54, 1.807) is 30.5 Å².